The van der Waals surface area contributed by atoms with Gasteiger partial charge in [0, 0.05) is 24.4 Å². The van der Waals surface area contributed by atoms with Gasteiger partial charge in [0.05, 0.1) is 6.04 Å². The Labute approximate surface area is 144 Å². The van der Waals surface area contributed by atoms with E-state index < -0.39 is 0 Å². The molecule has 0 aromatic heterocycles. The Morgan fingerprint density at radius 3 is 2.62 bits per heavy atom. The van der Waals surface area contributed by atoms with Gasteiger partial charge in [-0.05, 0) is 41.7 Å². The molecule has 0 spiro atoms. The van der Waals surface area contributed by atoms with E-state index in [2.05, 4.69) is 30.8 Å². The third-order valence-electron chi connectivity index (χ3n) is 5.08. The van der Waals surface area contributed by atoms with Gasteiger partial charge in [0.2, 0.25) is 5.91 Å². The topological polar surface area (TPSA) is 69.1 Å². The lowest BCUT2D eigenvalue weighted by Crippen LogP contribution is -2.32. The molecule has 0 radical (unpaired) electrons. The van der Waals surface area contributed by atoms with E-state index in [1.54, 1.807) is 0 Å². The van der Waals surface area contributed by atoms with Gasteiger partial charge in [-0.3, -0.25) is 4.79 Å². The fraction of sp³-hybridized carbons (Fsp3) is 0.632. The van der Waals surface area contributed by atoms with Crippen LogP contribution in [0.25, 0.3) is 10.4 Å². The van der Waals surface area contributed by atoms with Crippen LogP contribution in [0.15, 0.2) is 35.4 Å². The van der Waals surface area contributed by atoms with E-state index in [0.717, 1.165) is 24.9 Å². The van der Waals surface area contributed by atoms with Gasteiger partial charge >= 0.3 is 0 Å². The molecule has 1 aliphatic heterocycles. The van der Waals surface area contributed by atoms with Crippen LogP contribution in [0, 0.1) is 11.3 Å². The highest BCUT2D eigenvalue weighted by atomic mass is 16.2. The number of rotatable bonds is 5. The Morgan fingerprint density at radius 2 is 2.00 bits per heavy atom. The molecule has 1 aromatic carbocycles. The molecule has 5 heteroatoms. The summed E-state index contributed by atoms with van der Waals surface area (Å²) in [6.07, 6.45) is 3.31. The van der Waals surface area contributed by atoms with Gasteiger partial charge in [-0.1, -0.05) is 56.2 Å². The van der Waals surface area contributed by atoms with Crippen molar-refractivity contribution in [1.82, 2.24) is 4.90 Å². The van der Waals surface area contributed by atoms with Crippen molar-refractivity contribution in [1.29, 1.82) is 0 Å². The SMILES string of the molecule is CC(C)(C)[C@@H]1CCC(=O)N(CCC(N=[N+]=[N-])c2ccccc2)CC1. The Bertz CT molecular complexity index is 587. The van der Waals surface area contributed by atoms with E-state index in [-0.39, 0.29) is 17.4 Å². The normalized spacial score (nSPS) is 20.2. The van der Waals surface area contributed by atoms with Gasteiger partial charge in [-0.15, -0.1) is 0 Å². The fourth-order valence-electron chi connectivity index (χ4n) is 3.45. The first-order chi connectivity index (χ1) is 11.4. The third kappa shape index (κ3) is 5.00. The van der Waals surface area contributed by atoms with E-state index in [0.29, 0.717) is 25.3 Å². The molecule has 0 saturated carbocycles. The zero-order chi connectivity index (χ0) is 17.6. The molecule has 1 aliphatic rings. The first kappa shape index (κ1) is 18.3. The molecule has 24 heavy (non-hydrogen) atoms. The fourth-order valence-corrected chi connectivity index (χ4v) is 3.45. The number of nitrogens with zero attached hydrogens (tertiary/aromatic N) is 4. The monoisotopic (exact) mass is 328 g/mol. The van der Waals surface area contributed by atoms with Crippen LogP contribution in [-0.4, -0.2) is 23.9 Å². The van der Waals surface area contributed by atoms with Crippen LogP contribution in [0.1, 0.15) is 58.1 Å². The number of carbonyl (C=O) groups is 1. The summed E-state index contributed by atoms with van der Waals surface area (Å²) in [6, 6.07) is 9.56. The Hall–Kier alpha value is -2.00. The quantitative estimate of drug-likeness (QED) is 0.421. The summed E-state index contributed by atoms with van der Waals surface area (Å²) in [5, 5.41) is 3.92. The molecule has 2 rings (SSSR count). The highest BCUT2D eigenvalue weighted by molar-refractivity contribution is 5.76. The number of hydrogen-bond acceptors (Lipinski definition) is 2. The van der Waals surface area contributed by atoms with Crippen molar-refractivity contribution in [2.75, 3.05) is 13.1 Å². The van der Waals surface area contributed by atoms with Crippen LogP contribution in [0.4, 0.5) is 0 Å². The molecule has 1 aromatic rings. The second kappa shape index (κ2) is 8.20. The zero-order valence-corrected chi connectivity index (χ0v) is 15.0. The van der Waals surface area contributed by atoms with E-state index in [4.69, 9.17) is 5.53 Å². The maximum atomic E-state index is 12.4. The van der Waals surface area contributed by atoms with Crippen LogP contribution < -0.4 is 0 Å². The number of hydrogen-bond donors (Lipinski definition) is 0. The van der Waals surface area contributed by atoms with Crippen molar-refractivity contribution >= 4 is 5.91 Å². The Morgan fingerprint density at radius 1 is 1.29 bits per heavy atom. The smallest absolute Gasteiger partial charge is 0.222 e. The van der Waals surface area contributed by atoms with Crippen molar-refractivity contribution in [3.63, 3.8) is 0 Å². The van der Waals surface area contributed by atoms with Crippen molar-refractivity contribution in [3.8, 4) is 0 Å². The summed E-state index contributed by atoms with van der Waals surface area (Å²) < 4.78 is 0. The van der Waals surface area contributed by atoms with E-state index in [1.165, 1.54) is 0 Å². The second-order valence-corrected chi connectivity index (χ2v) is 7.69. The standard InChI is InChI=1S/C19H28N4O/c1-19(2,3)16-9-10-18(24)23(13-11-16)14-12-17(21-22-20)15-7-5-4-6-8-15/h4-8,16-17H,9-14H2,1-3H3/t16-,17?/m1/s1. The summed E-state index contributed by atoms with van der Waals surface area (Å²) in [7, 11) is 0. The van der Waals surface area contributed by atoms with Crippen LogP contribution in [0.2, 0.25) is 0 Å². The van der Waals surface area contributed by atoms with Crippen LogP contribution in [0.3, 0.4) is 0 Å². The largest absolute Gasteiger partial charge is 0.343 e. The number of amides is 1. The van der Waals surface area contributed by atoms with Gasteiger partial charge in [0.15, 0.2) is 0 Å². The average Bonchev–Trinajstić information content (AvgIpc) is 2.74. The molecule has 130 valence electrons. The Kier molecular flexibility index (Phi) is 6.27. The zero-order valence-electron chi connectivity index (χ0n) is 15.0. The summed E-state index contributed by atoms with van der Waals surface area (Å²) in [5.74, 6) is 0.808. The predicted molar refractivity (Wildman–Crippen MR) is 96.3 cm³/mol. The lowest BCUT2D eigenvalue weighted by atomic mass is 9.77. The van der Waals surface area contributed by atoms with Crippen molar-refractivity contribution in [2.24, 2.45) is 16.4 Å². The maximum Gasteiger partial charge on any atom is 0.222 e. The highest BCUT2D eigenvalue weighted by Crippen LogP contribution is 2.34. The molecular weight excluding hydrogens is 300 g/mol. The third-order valence-corrected chi connectivity index (χ3v) is 5.08. The molecule has 1 fully saturated rings. The van der Waals surface area contributed by atoms with Gasteiger partial charge in [-0.2, -0.15) is 0 Å². The van der Waals surface area contributed by atoms with Gasteiger partial charge in [-0.25, -0.2) is 0 Å². The molecule has 0 bridgehead atoms. The van der Waals surface area contributed by atoms with Crippen LogP contribution >= 0.6 is 0 Å². The van der Waals surface area contributed by atoms with Crippen molar-refractivity contribution < 1.29 is 4.79 Å². The van der Waals surface area contributed by atoms with Gasteiger partial charge < -0.3 is 4.90 Å². The molecule has 1 heterocycles. The number of azide groups is 1. The molecular formula is C19H28N4O. The lowest BCUT2D eigenvalue weighted by Gasteiger charge is -2.29. The number of likely N-dealkylation sites (tertiary alicyclic amines) is 1. The molecule has 1 amide bonds. The minimum Gasteiger partial charge on any atom is -0.343 e. The highest BCUT2D eigenvalue weighted by Gasteiger charge is 2.30. The minimum atomic E-state index is -0.217. The van der Waals surface area contributed by atoms with Crippen LogP contribution in [0.5, 0.6) is 0 Å². The first-order valence-electron chi connectivity index (χ1n) is 8.78. The van der Waals surface area contributed by atoms with Crippen molar-refractivity contribution in [3.05, 3.63) is 46.3 Å². The van der Waals surface area contributed by atoms with Crippen LogP contribution in [-0.2, 0) is 4.79 Å². The molecule has 2 atom stereocenters. The minimum absolute atomic E-state index is 0.217. The maximum absolute atomic E-state index is 12.4. The van der Waals surface area contributed by atoms with Gasteiger partial charge in [0.25, 0.3) is 0 Å². The molecule has 1 saturated heterocycles. The summed E-state index contributed by atoms with van der Waals surface area (Å²) >= 11 is 0. The predicted octanol–water partition coefficient (Wildman–Crippen LogP) is 5.10. The molecule has 0 N–H and O–H groups in total. The average molecular weight is 328 g/mol. The number of benzene rings is 1. The molecule has 1 unspecified atom stereocenters. The number of carbonyl (C=O) groups excluding carboxylic acids is 1. The summed E-state index contributed by atoms with van der Waals surface area (Å²) in [5.41, 5.74) is 10.1. The van der Waals surface area contributed by atoms with Crippen molar-refractivity contribution in [2.45, 2.75) is 52.5 Å². The second-order valence-electron chi connectivity index (χ2n) is 7.69. The summed E-state index contributed by atoms with van der Waals surface area (Å²) in [4.78, 5) is 17.3. The van der Waals surface area contributed by atoms with E-state index in [9.17, 15) is 4.79 Å². The Balaban J connectivity index is 1.99. The van der Waals surface area contributed by atoms with Gasteiger partial charge in [0.1, 0.15) is 0 Å². The lowest BCUT2D eigenvalue weighted by molar-refractivity contribution is -0.130. The van der Waals surface area contributed by atoms with E-state index in [1.807, 2.05) is 35.2 Å². The molecule has 5 nitrogen and oxygen atoms in total. The molecule has 0 aliphatic carbocycles. The summed E-state index contributed by atoms with van der Waals surface area (Å²) in [6.45, 7) is 8.22. The first-order valence-corrected chi connectivity index (χ1v) is 8.78. The van der Waals surface area contributed by atoms with E-state index >= 15 is 0 Å².